The highest BCUT2D eigenvalue weighted by atomic mass is 79.9. The Balaban J connectivity index is 1.13. The van der Waals surface area contributed by atoms with Crippen molar-refractivity contribution in [3.8, 4) is 0 Å². The molecule has 5 nitrogen and oxygen atoms in total. The van der Waals surface area contributed by atoms with Gasteiger partial charge in [-0.25, -0.2) is 0 Å². The molecule has 0 radical (unpaired) electrons. The highest BCUT2D eigenvalue weighted by Crippen LogP contribution is 2.59. The van der Waals surface area contributed by atoms with Crippen LogP contribution in [0.3, 0.4) is 0 Å². The number of anilines is 1. The van der Waals surface area contributed by atoms with E-state index in [1.165, 1.54) is 0 Å². The minimum atomic E-state index is -0.0601. The van der Waals surface area contributed by atoms with E-state index < -0.39 is 0 Å². The predicted octanol–water partition coefficient (Wildman–Crippen LogP) is 5.76. The molecule has 1 spiro atoms. The van der Waals surface area contributed by atoms with Crippen LogP contribution in [0.5, 0.6) is 0 Å². The van der Waals surface area contributed by atoms with Gasteiger partial charge >= 0.3 is 0 Å². The fourth-order valence-electron chi connectivity index (χ4n) is 5.00. The van der Waals surface area contributed by atoms with E-state index in [0.717, 1.165) is 49.6 Å². The molecule has 6 heteroatoms. The Kier molecular flexibility index (Phi) is 4.24. The first kappa shape index (κ1) is 19.6. The Bertz CT molecular complexity index is 1420. The van der Waals surface area contributed by atoms with Gasteiger partial charge in [-0.05, 0) is 61.4 Å². The monoisotopic (exact) mass is 488 g/mol. The van der Waals surface area contributed by atoms with Crippen molar-refractivity contribution in [1.82, 2.24) is 4.90 Å². The second kappa shape index (κ2) is 6.94. The maximum atomic E-state index is 12.9. The largest absolute Gasteiger partial charge is 0.456 e. The topological polar surface area (TPSA) is 62.6 Å². The fraction of sp³-hybridized carbons (Fsp3) is 0.231. The Morgan fingerprint density at radius 3 is 2.62 bits per heavy atom. The molecule has 2 fully saturated rings. The number of nitrogens with one attached hydrogen (secondary N) is 1. The summed E-state index contributed by atoms with van der Waals surface area (Å²) < 4.78 is 6.83. The summed E-state index contributed by atoms with van der Waals surface area (Å²) in [7, 11) is 0. The molecule has 2 amide bonds. The number of carbonyl (C=O) groups is 2. The van der Waals surface area contributed by atoms with E-state index in [2.05, 4.69) is 21.2 Å². The first-order valence-corrected chi connectivity index (χ1v) is 11.5. The molecule has 4 aromatic rings. The number of benzene rings is 3. The molecular weight excluding hydrogens is 468 g/mol. The van der Waals surface area contributed by atoms with E-state index in [1.54, 1.807) is 0 Å². The van der Waals surface area contributed by atoms with Crippen LogP contribution >= 0.6 is 15.9 Å². The van der Waals surface area contributed by atoms with Crippen molar-refractivity contribution in [2.75, 3.05) is 18.4 Å². The molecule has 6 rings (SSSR count). The van der Waals surface area contributed by atoms with E-state index in [-0.39, 0.29) is 23.1 Å². The van der Waals surface area contributed by atoms with E-state index in [0.29, 0.717) is 13.1 Å². The van der Waals surface area contributed by atoms with Gasteiger partial charge in [0.1, 0.15) is 11.2 Å². The van der Waals surface area contributed by atoms with Gasteiger partial charge in [0, 0.05) is 50.9 Å². The lowest BCUT2D eigenvalue weighted by Gasteiger charge is -2.41. The van der Waals surface area contributed by atoms with Crippen LogP contribution in [0, 0.1) is 18.3 Å². The van der Waals surface area contributed by atoms with Gasteiger partial charge in [-0.3, -0.25) is 9.59 Å². The molecule has 2 heterocycles. The zero-order valence-corrected chi connectivity index (χ0v) is 19.1. The summed E-state index contributed by atoms with van der Waals surface area (Å²) in [5.74, 6) is 0.0300. The SMILES string of the molecule is Cc1cc(Br)ccc1C(=O)N1CC2(CC2C(=O)Nc2ccc3oc4ccccc4c3c2)C1. The molecule has 1 saturated carbocycles. The number of hydrogen-bond donors (Lipinski definition) is 1. The number of amides is 2. The maximum absolute atomic E-state index is 12.9. The number of para-hydroxylation sites is 1. The summed E-state index contributed by atoms with van der Waals surface area (Å²) in [5.41, 5.74) is 4.04. The molecule has 3 aromatic carbocycles. The molecule has 1 aliphatic carbocycles. The molecule has 1 atom stereocenters. The van der Waals surface area contributed by atoms with Gasteiger partial charge in [0.15, 0.2) is 0 Å². The van der Waals surface area contributed by atoms with Gasteiger partial charge in [0.2, 0.25) is 5.91 Å². The quantitative estimate of drug-likeness (QED) is 0.398. The smallest absolute Gasteiger partial charge is 0.254 e. The molecule has 1 aromatic heterocycles. The second-order valence-corrected chi connectivity index (χ2v) is 9.95. The average molecular weight is 489 g/mol. The molecule has 2 aliphatic rings. The summed E-state index contributed by atoms with van der Waals surface area (Å²) in [5, 5.41) is 5.11. The summed E-state index contributed by atoms with van der Waals surface area (Å²) >= 11 is 3.44. The molecular formula is C26H21BrN2O3. The molecule has 160 valence electrons. The predicted molar refractivity (Wildman–Crippen MR) is 128 cm³/mol. The van der Waals surface area contributed by atoms with Crippen LogP contribution in [-0.2, 0) is 4.79 Å². The zero-order valence-electron chi connectivity index (χ0n) is 17.5. The highest BCUT2D eigenvalue weighted by Gasteiger charge is 2.65. The van der Waals surface area contributed by atoms with Gasteiger partial charge in [-0.1, -0.05) is 34.1 Å². The van der Waals surface area contributed by atoms with Crippen molar-refractivity contribution in [3.05, 3.63) is 76.3 Å². The van der Waals surface area contributed by atoms with Crippen molar-refractivity contribution in [2.45, 2.75) is 13.3 Å². The number of carbonyl (C=O) groups excluding carboxylic acids is 2. The lowest BCUT2D eigenvalue weighted by atomic mass is 9.91. The van der Waals surface area contributed by atoms with Gasteiger partial charge in [0.25, 0.3) is 5.91 Å². The minimum Gasteiger partial charge on any atom is -0.456 e. The van der Waals surface area contributed by atoms with Gasteiger partial charge in [-0.15, -0.1) is 0 Å². The lowest BCUT2D eigenvalue weighted by Crippen LogP contribution is -2.53. The van der Waals surface area contributed by atoms with Crippen molar-refractivity contribution in [2.24, 2.45) is 11.3 Å². The van der Waals surface area contributed by atoms with E-state index >= 15 is 0 Å². The van der Waals surface area contributed by atoms with Gasteiger partial charge < -0.3 is 14.6 Å². The van der Waals surface area contributed by atoms with Crippen molar-refractivity contribution in [1.29, 1.82) is 0 Å². The molecule has 1 unspecified atom stereocenters. The number of fused-ring (bicyclic) bond motifs is 3. The van der Waals surface area contributed by atoms with Crippen molar-refractivity contribution < 1.29 is 14.0 Å². The fourth-order valence-corrected chi connectivity index (χ4v) is 5.47. The van der Waals surface area contributed by atoms with Gasteiger partial charge in [-0.2, -0.15) is 0 Å². The van der Waals surface area contributed by atoms with Crippen LogP contribution < -0.4 is 5.32 Å². The van der Waals surface area contributed by atoms with Crippen LogP contribution in [-0.4, -0.2) is 29.8 Å². The number of aryl methyl sites for hydroxylation is 1. The number of furan rings is 1. The summed E-state index contributed by atoms with van der Waals surface area (Å²) in [6, 6.07) is 19.4. The first-order chi connectivity index (χ1) is 15.4. The highest BCUT2D eigenvalue weighted by molar-refractivity contribution is 9.10. The van der Waals surface area contributed by atoms with E-state index in [4.69, 9.17) is 4.42 Å². The summed E-state index contributed by atoms with van der Waals surface area (Å²) in [6.45, 7) is 3.23. The van der Waals surface area contributed by atoms with Crippen molar-refractivity contribution in [3.63, 3.8) is 0 Å². The van der Waals surface area contributed by atoms with E-state index in [1.807, 2.05) is 72.5 Å². The Hall–Kier alpha value is -3.12. The third kappa shape index (κ3) is 3.05. The summed E-state index contributed by atoms with van der Waals surface area (Å²) in [6.07, 6.45) is 0.832. The van der Waals surface area contributed by atoms with Crippen LogP contribution in [0.2, 0.25) is 0 Å². The maximum Gasteiger partial charge on any atom is 0.254 e. The van der Waals surface area contributed by atoms with Crippen molar-refractivity contribution >= 4 is 55.4 Å². The molecule has 1 saturated heterocycles. The van der Waals surface area contributed by atoms with Crippen LogP contribution in [0.4, 0.5) is 5.69 Å². The van der Waals surface area contributed by atoms with E-state index in [9.17, 15) is 9.59 Å². The second-order valence-electron chi connectivity index (χ2n) is 9.04. The number of rotatable bonds is 3. The lowest BCUT2D eigenvalue weighted by molar-refractivity contribution is -0.119. The van der Waals surface area contributed by atoms with Crippen LogP contribution in [0.15, 0.2) is 69.6 Å². The zero-order chi connectivity index (χ0) is 22.0. The number of halogens is 1. The molecule has 1 N–H and O–H groups in total. The Morgan fingerprint density at radius 1 is 1.03 bits per heavy atom. The van der Waals surface area contributed by atoms with Crippen LogP contribution in [0.1, 0.15) is 22.3 Å². The number of nitrogens with zero attached hydrogens (tertiary/aromatic N) is 1. The molecule has 0 bridgehead atoms. The van der Waals surface area contributed by atoms with Crippen LogP contribution in [0.25, 0.3) is 21.9 Å². The Labute approximate surface area is 193 Å². The minimum absolute atomic E-state index is 0.0315. The average Bonchev–Trinajstić information content (AvgIpc) is 3.41. The molecule has 32 heavy (non-hydrogen) atoms. The van der Waals surface area contributed by atoms with Gasteiger partial charge in [0.05, 0.1) is 0 Å². The first-order valence-electron chi connectivity index (χ1n) is 10.7. The number of hydrogen-bond acceptors (Lipinski definition) is 3. The molecule has 1 aliphatic heterocycles. The Morgan fingerprint density at radius 2 is 1.81 bits per heavy atom. The third-order valence-corrected chi connectivity index (χ3v) is 7.36. The number of likely N-dealkylation sites (tertiary alicyclic amines) is 1. The standard InChI is InChI=1S/C26H21BrN2O3/c1-15-10-16(27)6-8-18(15)25(31)29-13-26(14-29)12-21(26)24(30)28-17-7-9-23-20(11-17)19-4-2-3-5-22(19)32-23/h2-11,21H,12-14H2,1H3,(H,28,30). The normalized spacial score (nSPS) is 18.7. The summed E-state index contributed by atoms with van der Waals surface area (Å²) in [4.78, 5) is 27.6. The third-order valence-electron chi connectivity index (χ3n) is 6.87.